The molecule has 0 bridgehead atoms. The number of halogens is 1. The van der Waals surface area contributed by atoms with Gasteiger partial charge in [0.05, 0.1) is 0 Å². The summed E-state index contributed by atoms with van der Waals surface area (Å²) in [6, 6.07) is 0.468. The molecule has 0 aromatic rings. The Morgan fingerprint density at radius 3 is 2.29 bits per heavy atom. The second-order valence-electron chi connectivity index (χ2n) is 3.90. The van der Waals surface area contributed by atoms with Crippen LogP contribution in [-0.2, 0) is 0 Å². The molecule has 1 unspecified atom stereocenters. The average molecular weight is 221 g/mol. The van der Waals surface area contributed by atoms with Gasteiger partial charge in [-0.2, -0.15) is 0 Å². The van der Waals surface area contributed by atoms with E-state index in [0.29, 0.717) is 6.04 Å². The number of hydrazine groups is 1. The molecule has 0 aliphatic carbocycles. The van der Waals surface area contributed by atoms with Gasteiger partial charge in [0.25, 0.3) is 0 Å². The molecule has 14 heavy (non-hydrogen) atoms. The zero-order valence-corrected chi connectivity index (χ0v) is 10.2. The largest absolute Gasteiger partial charge is 0.271 e. The summed E-state index contributed by atoms with van der Waals surface area (Å²) in [5.74, 6) is 6.21. The van der Waals surface area contributed by atoms with Crippen molar-refractivity contribution in [2.24, 2.45) is 5.84 Å². The van der Waals surface area contributed by atoms with Crippen LogP contribution in [0.25, 0.3) is 0 Å². The van der Waals surface area contributed by atoms with Crippen LogP contribution in [0.15, 0.2) is 0 Å². The van der Waals surface area contributed by atoms with Gasteiger partial charge in [-0.25, -0.2) is 0 Å². The molecular weight excluding hydrogens is 196 g/mol. The smallest absolute Gasteiger partial charge is 0.0224 e. The Kier molecular flexibility index (Phi) is 11.5. The third-order valence-electron chi connectivity index (χ3n) is 2.58. The Balaban J connectivity index is 3.24. The number of nitrogens with one attached hydrogen (secondary N) is 1. The predicted molar refractivity (Wildman–Crippen MR) is 64.4 cm³/mol. The van der Waals surface area contributed by atoms with E-state index < -0.39 is 0 Å². The Labute approximate surface area is 93.6 Å². The number of hydrogen-bond donors (Lipinski definition) is 2. The van der Waals surface area contributed by atoms with Gasteiger partial charge in [0.1, 0.15) is 0 Å². The molecule has 0 aromatic heterocycles. The van der Waals surface area contributed by atoms with Crippen molar-refractivity contribution in [3.8, 4) is 0 Å². The minimum atomic E-state index is 0.468. The molecule has 3 N–H and O–H groups in total. The molecule has 0 rings (SSSR count). The van der Waals surface area contributed by atoms with E-state index in [1.54, 1.807) is 0 Å². The van der Waals surface area contributed by atoms with Gasteiger partial charge in [0.2, 0.25) is 0 Å². The Bertz CT molecular complexity index is 109. The van der Waals surface area contributed by atoms with Gasteiger partial charge in [-0.3, -0.25) is 11.3 Å². The molecule has 1 atom stereocenters. The monoisotopic (exact) mass is 220 g/mol. The lowest BCUT2D eigenvalue weighted by molar-refractivity contribution is 0.436. The average Bonchev–Trinajstić information content (AvgIpc) is 2.22. The van der Waals surface area contributed by atoms with Crippen LogP contribution in [0.4, 0.5) is 0 Å². The Morgan fingerprint density at radius 2 is 1.71 bits per heavy atom. The summed E-state index contributed by atoms with van der Waals surface area (Å²) in [6.07, 6.45) is 10.0. The zero-order valence-electron chi connectivity index (χ0n) is 9.40. The third-order valence-corrected chi connectivity index (χ3v) is 2.85. The first-order valence-electron chi connectivity index (χ1n) is 5.87. The molecule has 0 spiro atoms. The van der Waals surface area contributed by atoms with Crippen molar-refractivity contribution in [3.05, 3.63) is 0 Å². The molecular formula is C11H25ClN2. The lowest BCUT2D eigenvalue weighted by atomic mass is 10.0. The predicted octanol–water partition coefficient (Wildman–Crippen LogP) is 3.20. The summed E-state index contributed by atoms with van der Waals surface area (Å²) in [7, 11) is 0. The Morgan fingerprint density at radius 1 is 1.07 bits per heavy atom. The van der Waals surface area contributed by atoms with E-state index >= 15 is 0 Å². The van der Waals surface area contributed by atoms with Crippen molar-refractivity contribution < 1.29 is 0 Å². The first-order chi connectivity index (χ1) is 6.85. The topological polar surface area (TPSA) is 38.0 Å². The number of alkyl halides is 1. The molecule has 0 fully saturated rings. The highest BCUT2D eigenvalue weighted by Gasteiger charge is 2.04. The summed E-state index contributed by atoms with van der Waals surface area (Å²) in [5, 5.41) is 0. The molecule has 2 nitrogen and oxygen atoms in total. The maximum atomic E-state index is 5.64. The summed E-state index contributed by atoms with van der Waals surface area (Å²) in [4.78, 5) is 0. The molecule has 0 aliphatic rings. The van der Waals surface area contributed by atoms with Crippen molar-refractivity contribution >= 4 is 11.6 Å². The van der Waals surface area contributed by atoms with Crippen LogP contribution in [0.5, 0.6) is 0 Å². The van der Waals surface area contributed by atoms with Gasteiger partial charge in [0.15, 0.2) is 0 Å². The molecule has 0 aromatic carbocycles. The third kappa shape index (κ3) is 8.79. The molecule has 0 heterocycles. The fourth-order valence-corrected chi connectivity index (χ4v) is 1.78. The van der Waals surface area contributed by atoms with Gasteiger partial charge in [0, 0.05) is 11.9 Å². The van der Waals surface area contributed by atoms with Gasteiger partial charge in [-0.05, 0) is 19.3 Å². The van der Waals surface area contributed by atoms with Gasteiger partial charge < -0.3 is 0 Å². The quantitative estimate of drug-likeness (QED) is 0.257. The van der Waals surface area contributed by atoms with Crippen molar-refractivity contribution in [1.29, 1.82) is 0 Å². The van der Waals surface area contributed by atoms with E-state index in [9.17, 15) is 0 Å². The van der Waals surface area contributed by atoms with Crippen molar-refractivity contribution in [1.82, 2.24) is 5.43 Å². The van der Waals surface area contributed by atoms with E-state index in [4.69, 9.17) is 17.4 Å². The molecule has 86 valence electrons. The number of hydrogen-bond acceptors (Lipinski definition) is 2. The summed E-state index contributed by atoms with van der Waals surface area (Å²) < 4.78 is 0. The minimum Gasteiger partial charge on any atom is -0.271 e. The molecule has 0 amide bonds. The number of unbranched alkanes of at least 4 members (excludes halogenated alkanes) is 4. The van der Waals surface area contributed by atoms with Crippen molar-refractivity contribution in [3.63, 3.8) is 0 Å². The lowest BCUT2D eigenvalue weighted by Crippen LogP contribution is -2.35. The molecule has 0 radical (unpaired) electrons. The summed E-state index contributed by atoms with van der Waals surface area (Å²) in [6.45, 7) is 2.24. The molecule has 0 saturated carbocycles. The van der Waals surface area contributed by atoms with E-state index in [-0.39, 0.29) is 0 Å². The normalized spacial score (nSPS) is 13.1. The Hall–Kier alpha value is 0.210. The molecule has 3 heteroatoms. The standard InChI is InChI=1S/C11H25ClN2/c1-2-3-4-5-6-8-11(14-13)9-7-10-12/h11,14H,2-10,13H2,1H3. The maximum absolute atomic E-state index is 5.64. The summed E-state index contributed by atoms with van der Waals surface area (Å²) >= 11 is 5.64. The van der Waals surface area contributed by atoms with Gasteiger partial charge >= 0.3 is 0 Å². The minimum absolute atomic E-state index is 0.468. The number of rotatable bonds is 10. The van der Waals surface area contributed by atoms with E-state index in [1.807, 2.05) is 0 Å². The first kappa shape index (κ1) is 14.2. The van der Waals surface area contributed by atoms with Crippen molar-refractivity contribution in [2.75, 3.05) is 5.88 Å². The van der Waals surface area contributed by atoms with E-state index in [0.717, 1.165) is 18.7 Å². The SMILES string of the molecule is CCCCCCCC(CCCCl)NN. The van der Waals surface area contributed by atoms with E-state index in [1.165, 1.54) is 38.5 Å². The highest BCUT2D eigenvalue weighted by molar-refractivity contribution is 6.17. The van der Waals surface area contributed by atoms with Crippen LogP contribution in [0.2, 0.25) is 0 Å². The fourth-order valence-electron chi connectivity index (χ4n) is 1.63. The van der Waals surface area contributed by atoms with Crippen molar-refractivity contribution in [2.45, 2.75) is 64.3 Å². The second kappa shape index (κ2) is 11.3. The number of nitrogens with two attached hydrogens (primary N) is 1. The van der Waals surface area contributed by atoms with Gasteiger partial charge in [-0.1, -0.05) is 39.0 Å². The van der Waals surface area contributed by atoms with Crippen LogP contribution >= 0.6 is 11.6 Å². The van der Waals surface area contributed by atoms with Crippen LogP contribution in [0, 0.1) is 0 Å². The molecule has 0 saturated heterocycles. The molecule has 0 aliphatic heterocycles. The highest BCUT2D eigenvalue weighted by atomic mass is 35.5. The lowest BCUT2D eigenvalue weighted by Gasteiger charge is -2.14. The van der Waals surface area contributed by atoms with Crippen LogP contribution in [0.3, 0.4) is 0 Å². The van der Waals surface area contributed by atoms with Crippen LogP contribution < -0.4 is 11.3 Å². The summed E-state index contributed by atoms with van der Waals surface area (Å²) in [5.41, 5.74) is 2.87. The maximum Gasteiger partial charge on any atom is 0.0224 e. The fraction of sp³-hybridized carbons (Fsp3) is 1.00. The first-order valence-corrected chi connectivity index (χ1v) is 6.40. The van der Waals surface area contributed by atoms with Crippen LogP contribution in [-0.4, -0.2) is 11.9 Å². The van der Waals surface area contributed by atoms with Crippen LogP contribution in [0.1, 0.15) is 58.3 Å². The zero-order chi connectivity index (χ0) is 10.6. The highest BCUT2D eigenvalue weighted by Crippen LogP contribution is 2.10. The van der Waals surface area contributed by atoms with Gasteiger partial charge in [-0.15, -0.1) is 11.6 Å². The van der Waals surface area contributed by atoms with E-state index in [2.05, 4.69) is 12.3 Å². The second-order valence-corrected chi connectivity index (χ2v) is 4.28.